The van der Waals surface area contributed by atoms with Crippen molar-refractivity contribution < 1.29 is 13.9 Å². The summed E-state index contributed by atoms with van der Waals surface area (Å²) >= 11 is 6.19. The van der Waals surface area contributed by atoms with E-state index in [2.05, 4.69) is 6.92 Å². The minimum absolute atomic E-state index is 0.0729. The number of aryl methyl sites for hydroxylation is 1. The van der Waals surface area contributed by atoms with Gasteiger partial charge in [-0.2, -0.15) is 5.10 Å². The fourth-order valence-electron chi connectivity index (χ4n) is 4.05. The van der Waals surface area contributed by atoms with Crippen molar-refractivity contribution in [2.75, 3.05) is 7.11 Å². The van der Waals surface area contributed by atoms with Gasteiger partial charge in [0.2, 0.25) is 5.91 Å². The molecule has 3 aromatic rings. The van der Waals surface area contributed by atoms with Crippen molar-refractivity contribution in [2.24, 2.45) is 5.73 Å². The summed E-state index contributed by atoms with van der Waals surface area (Å²) in [5.41, 5.74) is 10.0. The first-order valence-corrected chi connectivity index (χ1v) is 10.5. The van der Waals surface area contributed by atoms with Crippen LogP contribution >= 0.6 is 11.6 Å². The molecular formula is C24H27ClFN3O2. The molecular weight excluding hydrogens is 417 g/mol. The van der Waals surface area contributed by atoms with Crippen LogP contribution in [0.25, 0.3) is 0 Å². The van der Waals surface area contributed by atoms with Gasteiger partial charge in [-0.1, -0.05) is 29.8 Å². The lowest BCUT2D eigenvalue weighted by molar-refractivity contribution is -0.119. The molecule has 2 atom stereocenters. The Morgan fingerprint density at radius 1 is 1.19 bits per heavy atom. The molecule has 1 heterocycles. The van der Waals surface area contributed by atoms with Gasteiger partial charge in [-0.25, -0.2) is 4.39 Å². The highest BCUT2D eigenvalue weighted by Crippen LogP contribution is 2.31. The number of halogens is 2. The highest BCUT2D eigenvalue weighted by Gasteiger charge is 2.28. The van der Waals surface area contributed by atoms with E-state index in [1.54, 1.807) is 13.2 Å². The van der Waals surface area contributed by atoms with Gasteiger partial charge < -0.3 is 10.5 Å². The normalized spacial score (nSPS) is 13.1. The Balaban J connectivity index is 1.89. The van der Waals surface area contributed by atoms with Crippen LogP contribution < -0.4 is 10.5 Å². The average molecular weight is 444 g/mol. The monoisotopic (exact) mass is 443 g/mol. The Hall–Kier alpha value is -2.86. The maximum absolute atomic E-state index is 13.4. The van der Waals surface area contributed by atoms with Crippen molar-refractivity contribution in [3.63, 3.8) is 0 Å². The third-order valence-corrected chi connectivity index (χ3v) is 5.97. The van der Waals surface area contributed by atoms with Crippen molar-refractivity contribution in [1.82, 2.24) is 9.78 Å². The minimum atomic E-state index is -0.607. The molecule has 2 aromatic carbocycles. The maximum Gasteiger partial charge on any atom is 0.225 e. The average Bonchev–Trinajstić information content (AvgIpc) is 3.02. The van der Waals surface area contributed by atoms with Gasteiger partial charge in [0.1, 0.15) is 11.6 Å². The van der Waals surface area contributed by atoms with Gasteiger partial charge in [-0.15, -0.1) is 0 Å². The Morgan fingerprint density at radius 3 is 2.45 bits per heavy atom. The zero-order valence-electron chi connectivity index (χ0n) is 18.2. The van der Waals surface area contributed by atoms with Gasteiger partial charge >= 0.3 is 0 Å². The Bertz CT molecular complexity index is 1080. The second-order valence-corrected chi connectivity index (χ2v) is 8.23. The topological polar surface area (TPSA) is 70.1 Å². The second-order valence-electron chi connectivity index (χ2n) is 7.83. The molecule has 0 saturated heterocycles. The van der Waals surface area contributed by atoms with E-state index in [1.807, 2.05) is 42.8 Å². The number of nitrogens with two attached hydrogens (primary N) is 1. The molecule has 31 heavy (non-hydrogen) atoms. The number of amides is 1. The number of benzene rings is 2. The number of nitrogens with zero attached hydrogens (tertiary/aromatic N) is 2. The van der Waals surface area contributed by atoms with Crippen molar-refractivity contribution in [1.29, 1.82) is 0 Å². The fourth-order valence-corrected chi connectivity index (χ4v) is 4.29. The first kappa shape index (κ1) is 22.8. The van der Waals surface area contributed by atoms with Crippen LogP contribution in [-0.4, -0.2) is 22.8 Å². The molecule has 1 aromatic heterocycles. The van der Waals surface area contributed by atoms with Crippen LogP contribution in [0.2, 0.25) is 5.02 Å². The smallest absolute Gasteiger partial charge is 0.225 e. The molecule has 0 saturated carbocycles. The summed E-state index contributed by atoms with van der Waals surface area (Å²) in [4.78, 5) is 12.4. The third-order valence-electron chi connectivity index (χ3n) is 5.62. The van der Waals surface area contributed by atoms with Gasteiger partial charge in [0, 0.05) is 16.3 Å². The van der Waals surface area contributed by atoms with E-state index < -0.39 is 17.6 Å². The molecule has 0 spiro atoms. The predicted molar refractivity (Wildman–Crippen MR) is 120 cm³/mol. The first-order chi connectivity index (χ1) is 14.7. The van der Waals surface area contributed by atoms with Crippen molar-refractivity contribution in [3.05, 3.63) is 81.4 Å². The Kier molecular flexibility index (Phi) is 7.01. The number of carbonyl (C=O) groups is 1. The lowest BCUT2D eigenvalue weighted by Gasteiger charge is -2.18. The molecule has 1 amide bonds. The Labute approximate surface area is 187 Å². The van der Waals surface area contributed by atoms with Crippen LogP contribution in [-0.2, 0) is 17.6 Å². The lowest BCUT2D eigenvalue weighted by Crippen LogP contribution is -2.24. The van der Waals surface area contributed by atoms with E-state index in [0.717, 1.165) is 34.7 Å². The minimum Gasteiger partial charge on any atom is -0.497 e. The van der Waals surface area contributed by atoms with Crippen LogP contribution in [0.4, 0.5) is 4.39 Å². The molecule has 164 valence electrons. The molecule has 0 bridgehead atoms. The summed E-state index contributed by atoms with van der Waals surface area (Å²) in [6.45, 7) is 5.91. The van der Waals surface area contributed by atoms with E-state index >= 15 is 0 Å². The number of methoxy groups -OCH3 is 1. The molecule has 0 aliphatic rings. The molecule has 0 fully saturated rings. The lowest BCUT2D eigenvalue weighted by atomic mass is 9.89. The summed E-state index contributed by atoms with van der Waals surface area (Å²) in [6, 6.07) is 12.2. The predicted octanol–water partition coefficient (Wildman–Crippen LogP) is 4.92. The SMILES string of the molecule is COc1ccc(CC(C)n2nc(C)c(C(Cc3ccc(F)cc3Cl)C(N)=O)c2C)cc1. The molecule has 7 heteroatoms. The zero-order chi connectivity index (χ0) is 22.7. The van der Waals surface area contributed by atoms with E-state index in [-0.39, 0.29) is 17.5 Å². The number of hydrogen-bond acceptors (Lipinski definition) is 3. The zero-order valence-corrected chi connectivity index (χ0v) is 18.9. The van der Waals surface area contributed by atoms with Gasteiger partial charge in [-0.05, 0) is 69.0 Å². The van der Waals surface area contributed by atoms with E-state index in [0.29, 0.717) is 5.56 Å². The van der Waals surface area contributed by atoms with Crippen molar-refractivity contribution in [2.45, 2.75) is 45.6 Å². The van der Waals surface area contributed by atoms with Gasteiger partial charge in [0.15, 0.2) is 0 Å². The van der Waals surface area contributed by atoms with Crippen LogP contribution in [0.3, 0.4) is 0 Å². The number of primary amides is 1. The van der Waals surface area contributed by atoms with E-state index in [9.17, 15) is 9.18 Å². The third kappa shape index (κ3) is 5.07. The number of aromatic nitrogens is 2. The van der Waals surface area contributed by atoms with Crippen LogP contribution in [0, 0.1) is 19.7 Å². The number of ether oxygens (including phenoxy) is 1. The molecule has 0 radical (unpaired) electrons. The number of carbonyl (C=O) groups excluding carboxylic acids is 1. The Morgan fingerprint density at radius 2 is 1.87 bits per heavy atom. The summed E-state index contributed by atoms with van der Waals surface area (Å²) in [7, 11) is 1.64. The van der Waals surface area contributed by atoms with Gasteiger partial charge in [0.25, 0.3) is 0 Å². The fraction of sp³-hybridized carbons (Fsp3) is 0.333. The molecule has 0 aliphatic carbocycles. The summed E-state index contributed by atoms with van der Waals surface area (Å²) in [6.07, 6.45) is 1.06. The summed E-state index contributed by atoms with van der Waals surface area (Å²) in [5.74, 6) is -0.677. The highest BCUT2D eigenvalue weighted by molar-refractivity contribution is 6.31. The second kappa shape index (κ2) is 9.52. The van der Waals surface area contributed by atoms with Crippen LogP contribution in [0.1, 0.15) is 47.0 Å². The first-order valence-electron chi connectivity index (χ1n) is 10.1. The maximum atomic E-state index is 13.4. The summed E-state index contributed by atoms with van der Waals surface area (Å²) < 4.78 is 20.6. The molecule has 0 aliphatic heterocycles. The van der Waals surface area contributed by atoms with Gasteiger partial charge in [-0.3, -0.25) is 9.48 Å². The molecule has 2 N–H and O–H groups in total. The summed E-state index contributed by atoms with van der Waals surface area (Å²) in [5, 5.41) is 4.99. The number of hydrogen-bond donors (Lipinski definition) is 1. The standard InChI is InChI=1S/C24H27ClFN3O2/c1-14(11-17-5-9-20(31-4)10-6-17)29-16(3)23(15(2)28-29)21(24(27)30)12-18-7-8-19(26)13-22(18)25/h5-10,13-14,21H,11-12H2,1-4H3,(H2,27,30). The van der Waals surface area contributed by atoms with Crippen LogP contribution in [0.15, 0.2) is 42.5 Å². The van der Waals surface area contributed by atoms with E-state index in [1.165, 1.54) is 12.1 Å². The molecule has 2 unspecified atom stereocenters. The van der Waals surface area contributed by atoms with Crippen LogP contribution in [0.5, 0.6) is 5.75 Å². The van der Waals surface area contributed by atoms with E-state index in [4.69, 9.17) is 27.2 Å². The molecule has 5 nitrogen and oxygen atoms in total. The molecule has 3 rings (SSSR count). The van der Waals surface area contributed by atoms with Crippen molar-refractivity contribution in [3.8, 4) is 5.75 Å². The highest BCUT2D eigenvalue weighted by atomic mass is 35.5. The largest absolute Gasteiger partial charge is 0.497 e. The van der Waals surface area contributed by atoms with Crippen molar-refractivity contribution >= 4 is 17.5 Å². The number of rotatable bonds is 8. The quantitative estimate of drug-likeness (QED) is 0.537. The van der Waals surface area contributed by atoms with Gasteiger partial charge in [0.05, 0.1) is 24.8 Å².